The van der Waals surface area contributed by atoms with E-state index in [0.717, 1.165) is 18.4 Å². The van der Waals surface area contributed by atoms with Crippen LogP contribution in [0.25, 0.3) is 0 Å². The van der Waals surface area contributed by atoms with Gasteiger partial charge in [0.25, 0.3) is 0 Å². The van der Waals surface area contributed by atoms with Crippen LogP contribution in [0.2, 0.25) is 0 Å². The number of aliphatic imine (C=N–C) groups is 2. The van der Waals surface area contributed by atoms with Gasteiger partial charge in [0.15, 0.2) is 11.6 Å². The Bertz CT molecular complexity index is 579. The van der Waals surface area contributed by atoms with Gasteiger partial charge in [-0.05, 0) is 31.2 Å². The number of hydrogen-bond donors (Lipinski definition) is 3. The van der Waals surface area contributed by atoms with Crippen molar-refractivity contribution in [1.29, 1.82) is 0 Å². The number of guanidine groups is 2. The highest BCUT2D eigenvalue weighted by atomic mass is 19.1. The van der Waals surface area contributed by atoms with Crippen molar-refractivity contribution >= 4 is 11.9 Å². The zero-order valence-corrected chi connectivity index (χ0v) is 12.0. The van der Waals surface area contributed by atoms with E-state index >= 15 is 0 Å². The zero-order chi connectivity index (χ0) is 15.0. The molecule has 0 bridgehead atoms. The molecule has 3 atom stereocenters. The molecule has 0 amide bonds. The van der Waals surface area contributed by atoms with E-state index in [0.29, 0.717) is 5.92 Å². The van der Waals surface area contributed by atoms with Crippen LogP contribution in [0.5, 0.6) is 0 Å². The van der Waals surface area contributed by atoms with Crippen LogP contribution in [0.1, 0.15) is 31.2 Å². The van der Waals surface area contributed by atoms with E-state index in [1.54, 1.807) is 0 Å². The molecule has 1 heterocycles. The van der Waals surface area contributed by atoms with Crippen LogP contribution in [0, 0.1) is 5.92 Å². The van der Waals surface area contributed by atoms with Crippen LogP contribution in [0.4, 0.5) is 4.39 Å². The molecule has 1 aliphatic heterocycles. The van der Waals surface area contributed by atoms with Crippen molar-refractivity contribution in [2.24, 2.45) is 27.4 Å². The van der Waals surface area contributed by atoms with Crippen molar-refractivity contribution in [2.45, 2.75) is 37.5 Å². The minimum atomic E-state index is -1.25. The Balaban J connectivity index is 2.09. The summed E-state index contributed by atoms with van der Waals surface area (Å²) in [5.41, 5.74) is 11.4. The van der Waals surface area contributed by atoms with Crippen molar-refractivity contribution in [3.8, 4) is 0 Å². The standard InChI is InChI=1S/C15H20FN5/c1-9(16)15(20-13(17)19-14(18)21-15)12(11-7-8-11)10-5-3-2-4-6-10/h2-6,9,11-12H,7-8H2,1H3,(H5,17,18,19,20,21). The van der Waals surface area contributed by atoms with Crippen molar-refractivity contribution < 1.29 is 4.39 Å². The lowest BCUT2D eigenvalue weighted by Crippen LogP contribution is -2.62. The van der Waals surface area contributed by atoms with Gasteiger partial charge in [0, 0.05) is 5.92 Å². The third kappa shape index (κ3) is 2.46. The number of nitrogens with zero attached hydrogens (tertiary/aromatic N) is 2. The predicted molar refractivity (Wildman–Crippen MR) is 81.6 cm³/mol. The number of benzene rings is 1. The number of halogens is 1. The van der Waals surface area contributed by atoms with E-state index in [4.69, 9.17) is 11.5 Å². The summed E-state index contributed by atoms with van der Waals surface area (Å²) in [7, 11) is 0. The molecular weight excluding hydrogens is 269 g/mol. The fraction of sp³-hybridized carbons (Fsp3) is 0.467. The number of alkyl halides is 1. The fourth-order valence-corrected chi connectivity index (χ4v) is 3.16. The minimum Gasteiger partial charge on any atom is -0.370 e. The summed E-state index contributed by atoms with van der Waals surface area (Å²) in [4.78, 5) is 8.20. The van der Waals surface area contributed by atoms with Gasteiger partial charge < -0.3 is 16.8 Å². The Hall–Kier alpha value is -2.11. The van der Waals surface area contributed by atoms with Crippen LogP contribution in [-0.4, -0.2) is 23.8 Å². The lowest BCUT2D eigenvalue weighted by molar-refractivity contribution is 0.146. The second-order valence-electron chi connectivity index (χ2n) is 5.76. The van der Waals surface area contributed by atoms with E-state index < -0.39 is 11.8 Å². The molecule has 5 N–H and O–H groups in total. The first-order chi connectivity index (χ1) is 10.0. The minimum absolute atomic E-state index is 0.0253. The molecule has 5 nitrogen and oxygen atoms in total. The normalized spacial score (nSPS) is 28.1. The zero-order valence-electron chi connectivity index (χ0n) is 12.0. The number of rotatable bonds is 4. The van der Waals surface area contributed by atoms with E-state index in [9.17, 15) is 4.39 Å². The average Bonchev–Trinajstić information content (AvgIpc) is 3.23. The molecule has 1 saturated carbocycles. The summed E-state index contributed by atoms with van der Waals surface area (Å²) in [6, 6.07) is 9.86. The highest BCUT2D eigenvalue weighted by Crippen LogP contribution is 2.50. The Morgan fingerprint density at radius 1 is 1.29 bits per heavy atom. The summed E-state index contributed by atoms with van der Waals surface area (Å²) < 4.78 is 14.6. The third-order valence-electron chi connectivity index (χ3n) is 4.20. The Morgan fingerprint density at radius 3 is 2.48 bits per heavy atom. The molecule has 21 heavy (non-hydrogen) atoms. The SMILES string of the molecule is CC(F)C1(C(c2ccccc2)C2CC2)N=C(N)N=C(N)N1. The molecule has 2 aliphatic rings. The molecule has 6 heteroatoms. The maximum Gasteiger partial charge on any atom is 0.221 e. The lowest BCUT2D eigenvalue weighted by atomic mass is 9.79. The highest BCUT2D eigenvalue weighted by Gasteiger charge is 2.53. The first-order valence-corrected chi connectivity index (χ1v) is 7.19. The van der Waals surface area contributed by atoms with Gasteiger partial charge in [0.2, 0.25) is 5.96 Å². The molecule has 1 aromatic rings. The lowest BCUT2D eigenvalue weighted by Gasteiger charge is -2.41. The average molecular weight is 289 g/mol. The Morgan fingerprint density at radius 2 is 1.95 bits per heavy atom. The quantitative estimate of drug-likeness (QED) is 0.784. The topological polar surface area (TPSA) is 88.8 Å². The van der Waals surface area contributed by atoms with Crippen LogP contribution in [0.15, 0.2) is 40.3 Å². The van der Waals surface area contributed by atoms with Gasteiger partial charge in [-0.2, -0.15) is 4.99 Å². The molecule has 0 spiro atoms. The second kappa shape index (κ2) is 5.02. The second-order valence-corrected chi connectivity index (χ2v) is 5.76. The van der Waals surface area contributed by atoms with Crippen molar-refractivity contribution in [2.75, 3.05) is 0 Å². The van der Waals surface area contributed by atoms with Crippen molar-refractivity contribution in [3.05, 3.63) is 35.9 Å². The smallest absolute Gasteiger partial charge is 0.221 e. The Labute approximate surface area is 123 Å². The summed E-state index contributed by atoms with van der Waals surface area (Å²) in [6.45, 7) is 1.49. The fourth-order valence-electron chi connectivity index (χ4n) is 3.16. The Kier molecular flexibility index (Phi) is 3.31. The third-order valence-corrected chi connectivity index (χ3v) is 4.20. The monoisotopic (exact) mass is 289 g/mol. The molecule has 1 aromatic carbocycles. The van der Waals surface area contributed by atoms with Crippen molar-refractivity contribution in [1.82, 2.24) is 5.32 Å². The molecule has 1 fully saturated rings. The van der Waals surface area contributed by atoms with Gasteiger partial charge in [-0.1, -0.05) is 30.3 Å². The molecule has 3 rings (SSSR count). The molecule has 0 saturated heterocycles. The highest BCUT2D eigenvalue weighted by molar-refractivity contribution is 5.96. The number of nitrogens with one attached hydrogen (secondary N) is 1. The van der Waals surface area contributed by atoms with Crippen LogP contribution >= 0.6 is 0 Å². The first-order valence-electron chi connectivity index (χ1n) is 7.19. The van der Waals surface area contributed by atoms with Crippen LogP contribution in [0.3, 0.4) is 0 Å². The van der Waals surface area contributed by atoms with Gasteiger partial charge in [0.1, 0.15) is 6.17 Å². The van der Waals surface area contributed by atoms with Gasteiger partial charge in [-0.15, -0.1) is 0 Å². The predicted octanol–water partition coefficient (Wildman–Crippen LogP) is 1.47. The molecular formula is C15H20FN5. The van der Waals surface area contributed by atoms with E-state index in [1.807, 2.05) is 30.3 Å². The maximum atomic E-state index is 14.6. The van der Waals surface area contributed by atoms with Gasteiger partial charge in [-0.3, -0.25) is 0 Å². The number of nitrogens with two attached hydrogens (primary N) is 2. The summed E-state index contributed by atoms with van der Waals surface area (Å²) in [5.74, 6) is 0.401. The molecule has 112 valence electrons. The van der Waals surface area contributed by atoms with Crippen molar-refractivity contribution in [3.63, 3.8) is 0 Å². The van der Waals surface area contributed by atoms with Crippen LogP contribution < -0.4 is 16.8 Å². The molecule has 3 unspecified atom stereocenters. The van der Waals surface area contributed by atoms with Crippen LogP contribution in [-0.2, 0) is 0 Å². The summed E-state index contributed by atoms with van der Waals surface area (Å²) in [5, 5.41) is 2.96. The van der Waals surface area contributed by atoms with E-state index in [-0.39, 0.29) is 17.8 Å². The largest absolute Gasteiger partial charge is 0.370 e. The van der Waals surface area contributed by atoms with Gasteiger partial charge in [0.05, 0.1) is 0 Å². The van der Waals surface area contributed by atoms with Gasteiger partial charge in [-0.25, -0.2) is 9.38 Å². The maximum absolute atomic E-state index is 14.6. The molecule has 0 aromatic heterocycles. The molecule has 0 radical (unpaired) electrons. The van der Waals surface area contributed by atoms with E-state index in [2.05, 4.69) is 15.3 Å². The summed E-state index contributed by atoms with van der Waals surface area (Å²) in [6.07, 6.45) is 0.862. The number of hydrogen-bond acceptors (Lipinski definition) is 5. The summed E-state index contributed by atoms with van der Waals surface area (Å²) >= 11 is 0. The van der Waals surface area contributed by atoms with Gasteiger partial charge >= 0.3 is 0 Å². The van der Waals surface area contributed by atoms with E-state index in [1.165, 1.54) is 6.92 Å². The first kappa shape index (κ1) is 13.9. The molecule has 1 aliphatic carbocycles.